The van der Waals surface area contributed by atoms with Crippen molar-refractivity contribution in [2.75, 3.05) is 7.11 Å². The van der Waals surface area contributed by atoms with E-state index in [-0.39, 0.29) is 17.1 Å². The maximum absolute atomic E-state index is 7.00. The van der Waals surface area contributed by atoms with Crippen molar-refractivity contribution in [2.24, 2.45) is 0 Å². The molecule has 0 atom stereocenters. The van der Waals surface area contributed by atoms with E-state index in [0.717, 1.165) is 7.11 Å². The van der Waals surface area contributed by atoms with Gasteiger partial charge >= 0.3 is 17.1 Å². The first-order valence-electron chi connectivity index (χ1n) is 21.4. The molecule has 23 heteroatoms. The maximum Gasteiger partial charge on any atom is 3.00 e. The van der Waals surface area contributed by atoms with E-state index < -0.39 is 7.26 Å². The zero-order valence-corrected chi connectivity index (χ0v) is 39.7. The average Bonchev–Trinajstić information content (AvgIpc) is 4.34. The molecule has 8 aromatic heterocycles. The standard InChI is InChI=1S/C24H20P.2C12H6N10.CH4O.Fe/c1-5-13-21(14-6-1)25(22-15-7-2-8-16-22,23-17-9-3-10-18-23)24-19-11-4-12-20-24;2*1-3-7(13-9(5-1)11-15-19-20-16-11)8-4-2-6-10(14-8)12-17-21-22-18-12;1-2;/h1-20H;2*1-6H;2H,1H3;/q+1;2*-2;;+3. The molecule has 0 saturated carbocycles. The summed E-state index contributed by atoms with van der Waals surface area (Å²) in [4.78, 5) is 17.9. The van der Waals surface area contributed by atoms with Gasteiger partial charge in [-0.25, -0.2) is 30.1 Å². The second-order valence-corrected chi connectivity index (χ2v) is 17.9. The van der Waals surface area contributed by atoms with E-state index in [1.807, 2.05) is 48.5 Å². The number of pyridine rings is 4. The smallest absolute Gasteiger partial charge is 0.400 e. The SMILES string of the molecule is CO.[Fe+3].c1cc(-c2cccc(-c3nnn[n-]3)n2)nc(-c2nn[n-]n2)c1.c1cc(-c2cccc(-c3nnn[n-]3)n2)nc(-c2nn[n-]n2)c1.c1ccc([P+](c2ccccc2)(c2ccccc2)c2ccccc2)cc1. The Morgan fingerprint density at radius 1 is 0.319 bits per heavy atom. The van der Waals surface area contributed by atoms with Gasteiger partial charge in [0.15, 0.2) is 0 Å². The molecule has 21 nitrogen and oxygen atoms in total. The largest absolute Gasteiger partial charge is 3.00 e. The first-order chi connectivity index (χ1) is 35.2. The van der Waals surface area contributed by atoms with Gasteiger partial charge in [-0.05, 0) is 97.1 Å². The van der Waals surface area contributed by atoms with Crippen molar-refractivity contribution < 1.29 is 22.2 Å². The number of hydrogen-bond donors (Lipinski definition) is 1. The topological polar surface area (TPSA) is 283 Å². The Morgan fingerprint density at radius 2 is 0.611 bits per heavy atom. The zero-order chi connectivity index (χ0) is 48.5. The van der Waals surface area contributed by atoms with Crippen LogP contribution < -0.4 is 41.8 Å². The first kappa shape index (κ1) is 49.1. The van der Waals surface area contributed by atoms with E-state index >= 15 is 0 Å². The third kappa shape index (κ3) is 11.2. The average molecular weight is 1010 g/mol. The minimum absolute atomic E-state index is 0. The number of nitrogens with zero attached hydrogens (tertiary/aromatic N) is 20. The van der Waals surface area contributed by atoms with Crippen LogP contribution in [0.1, 0.15) is 0 Å². The van der Waals surface area contributed by atoms with Crippen molar-refractivity contribution in [1.29, 1.82) is 0 Å². The second-order valence-electron chi connectivity index (χ2n) is 14.5. The Hall–Kier alpha value is -9.33. The Bertz CT molecular complexity index is 2990. The molecule has 8 heterocycles. The molecule has 72 heavy (non-hydrogen) atoms. The third-order valence-corrected chi connectivity index (χ3v) is 14.6. The maximum atomic E-state index is 7.00. The van der Waals surface area contributed by atoms with E-state index in [1.54, 1.807) is 24.3 Å². The van der Waals surface area contributed by atoms with Crippen LogP contribution in [0.25, 0.3) is 68.8 Å². The summed E-state index contributed by atoms with van der Waals surface area (Å²) in [6.07, 6.45) is 0. The Balaban J connectivity index is 0.000000141. The van der Waals surface area contributed by atoms with E-state index in [9.17, 15) is 0 Å². The van der Waals surface area contributed by atoms with Gasteiger partial charge in [-0.15, -0.1) is 0 Å². The van der Waals surface area contributed by atoms with Crippen molar-refractivity contribution in [3.63, 3.8) is 0 Å². The Labute approximate surface area is 421 Å². The van der Waals surface area contributed by atoms with Gasteiger partial charge in [-0.3, -0.25) is 41.5 Å². The van der Waals surface area contributed by atoms with Crippen molar-refractivity contribution in [2.45, 2.75) is 0 Å². The molecule has 1 radical (unpaired) electrons. The zero-order valence-electron chi connectivity index (χ0n) is 37.7. The molecule has 0 amide bonds. The molecule has 12 rings (SSSR count). The van der Waals surface area contributed by atoms with Gasteiger partial charge in [0.05, 0.1) is 68.8 Å². The summed E-state index contributed by atoms with van der Waals surface area (Å²) in [6, 6.07) is 65.6. The molecule has 0 fully saturated rings. The molecule has 0 spiro atoms. The van der Waals surface area contributed by atoms with Crippen molar-refractivity contribution in [3.05, 3.63) is 194 Å². The molecule has 0 aliphatic heterocycles. The van der Waals surface area contributed by atoms with Crippen LogP contribution >= 0.6 is 7.26 Å². The van der Waals surface area contributed by atoms with Crippen LogP contribution in [0.2, 0.25) is 0 Å². The van der Waals surface area contributed by atoms with Gasteiger partial charge in [0.25, 0.3) is 0 Å². The molecule has 0 saturated heterocycles. The molecule has 0 aliphatic carbocycles. The molecule has 12 aromatic rings. The molecule has 0 unspecified atom stereocenters. The van der Waals surface area contributed by atoms with E-state index in [0.29, 0.717) is 68.8 Å². The van der Waals surface area contributed by atoms with Crippen LogP contribution in [0.4, 0.5) is 0 Å². The summed E-state index contributed by atoms with van der Waals surface area (Å²) in [7, 11) is -0.906. The minimum atomic E-state index is -1.91. The van der Waals surface area contributed by atoms with Gasteiger partial charge in [-0.1, -0.05) is 97.1 Å². The molecule has 4 aromatic carbocycles. The van der Waals surface area contributed by atoms with Crippen LogP contribution in [0.15, 0.2) is 194 Å². The normalized spacial score (nSPS) is 10.5. The number of hydrogen-bond acceptors (Lipinski definition) is 17. The van der Waals surface area contributed by atoms with E-state index in [1.165, 1.54) is 21.2 Å². The minimum Gasteiger partial charge on any atom is -0.400 e. The summed E-state index contributed by atoms with van der Waals surface area (Å²) in [6.45, 7) is 0. The predicted molar refractivity (Wildman–Crippen MR) is 263 cm³/mol. The Morgan fingerprint density at radius 3 is 0.889 bits per heavy atom. The fraction of sp³-hybridized carbons (Fsp3) is 0.0204. The number of tetrazole rings is 4. The van der Waals surface area contributed by atoms with E-state index in [4.69, 9.17) is 5.11 Å². The molecule has 351 valence electrons. The molecule has 1 N–H and O–H groups in total. The van der Waals surface area contributed by atoms with Gasteiger partial charge in [0.1, 0.15) is 28.5 Å². The summed E-state index contributed by atoms with van der Waals surface area (Å²) in [5.41, 5.74) is 4.94. The second kappa shape index (κ2) is 24.3. The van der Waals surface area contributed by atoms with Crippen LogP contribution in [-0.2, 0) is 17.1 Å². The van der Waals surface area contributed by atoms with Crippen LogP contribution in [-0.4, -0.2) is 94.0 Å². The summed E-state index contributed by atoms with van der Waals surface area (Å²) >= 11 is 0. The van der Waals surface area contributed by atoms with Gasteiger partial charge in [0, 0.05) is 7.11 Å². The fourth-order valence-corrected chi connectivity index (χ4v) is 11.6. The predicted octanol–water partition coefficient (Wildman–Crippen LogP) is 3.44. The van der Waals surface area contributed by atoms with Gasteiger partial charge in [0.2, 0.25) is 0 Å². The Kier molecular flexibility index (Phi) is 16.6. The molecular formula is C49H36FeN20OP. The van der Waals surface area contributed by atoms with Crippen molar-refractivity contribution in [3.8, 4) is 68.8 Å². The van der Waals surface area contributed by atoms with Gasteiger partial charge < -0.3 is 25.5 Å². The fourth-order valence-electron chi connectivity index (χ4n) is 7.30. The molecule has 0 aliphatic rings. The summed E-state index contributed by atoms with van der Waals surface area (Å²) in [5, 5.41) is 70.5. The van der Waals surface area contributed by atoms with Crippen molar-refractivity contribution >= 4 is 28.5 Å². The van der Waals surface area contributed by atoms with Crippen LogP contribution in [0.5, 0.6) is 0 Å². The molecule has 0 bridgehead atoms. The summed E-state index contributed by atoms with van der Waals surface area (Å²) in [5.74, 6) is 1.47. The number of aliphatic hydroxyl groups is 1. The number of benzene rings is 4. The summed E-state index contributed by atoms with van der Waals surface area (Å²) < 4.78 is 0. The first-order valence-corrected chi connectivity index (χ1v) is 23.2. The van der Waals surface area contributed by atoms with E-state index in [2.05, 4.69) is 224 Å². The number of aromatic nitrogens is 20. The quantitative estimate of drug-likeness (QED) is 0.152. The van der Waals surface area contributed by atoms with Crippen molar-refractivity contribution in [1.82, 2.24) is 102 Å². The number of aliphatic hydroxyl groups excluding tert-OH is 1. The van der Waals surface area contributed by atoms with Crippen LogP contribution in [0.3, 0.4) is 0 Å². The van der Waals surface area contributed by atoms with Crippen LogP contribution in [0, 0.1) is 0 Å². The monoisotopic (exact) mass is 1010 g/mol. The third-order valence-electron chi connectivity index (χ3n) is 10.3. The van der Waals surface area contributed by atoms with Gasteiger partial charge in [-0.2, -0.15) is 10.4 Å². The molecular weight excluding hydrogens is 971 g/mol. The number of rotatable bonds is 10.